The lowest BCUT2D eigenvalue weighted by Crippen LogP contribution is -2.42. The van der Waals surface area contributed by atoms with Crippen molar-refractivity contribution in [1.82, 2.24) is 15.5 Å². The topological polar surface area (TPSA) is 66.0 Å². The summed E-state index contributed by atoms with van der Waals surface area (Å²) in [7, 11) is 7.05. The number of rotatable bonds is 8. The summed E-state index contributed by atoms with van der Waals surface area (Å²) in [5, 5.41) is 6.86. The van der Waals surface area contributed by atoms with E-state index in [0.717, 1.165) is 49.6 Å². The Kier molecular flexibility index (Phi) is 6.98. The second-order valence-corrected chi connectivity index (χ2v) is 7.98. The summed E-state index contributed by atoms with van der Waals surface area (Å²) in [6, 6.07) is 16.1. The highest BCUT2D eigenvalue weighted by atomic mass is 16.5. The molecule has 0 heterocycles. The van der Waals surface area contributed by atoms with Crippen molar-refractivity contribution in [2.24, 2.45) is 4.99 Å². The average Bonchev–Trinajstić information content (AvgIpc) is 3.56. The first-order valence-corrected chi connectivity index (χ1v) is 10.4. The van der Waals surface area contributed by atoms with Crippen LogP contribution in [-0.2, 0) is 11.8 Å². The van der Waals surface area contributed by atoms with Gasteiger partial charge in [0.25, 0.3) is 5.91 Å². The third kappa shape index (κ3) is 5.12. The van der Waals surface area contributed by atoms with Gasteiger partial charge in [-0.25, -0.2) is 0 Å². The Morgan fingerprint density at radius 1 is 1.13 bits per heavy atom. The number of guanidine groups is 1. The number of methoxy groups -OCH3 is 1. The molecule has 30 heavy (non-hydrogen) atoms. The number of benzene rings is 2. The minimum atomic E-state index is 0.0216. The number of carbonyl (C=O) groups excluding carboxylic acids is 1. The van der Waals surface area contributed by atoms with E-state index >= 15 is 0 Å². The van der Waals surface area contributed by atoms with Crippen LogP contribution in [0.25, 0.3) is 0 Å². The summed E-state index contributed by atoms with van der Waals surface area (Å²) >= 11 is 0. The molecule has 1 aliphatic rings. The Labute approximate surface area is 179 Å². The lowest BCUT2D eigenvalue weighted by molar-refractivity contribution is 0.0827. The Bertz CT molecular complexity index is 904. The van der Waals surface area contributed by atoms with E-state index in [1.54, 1.807) is 33.2 Å². The number of carbonyl (C=O) groups is 1. The molecule has 0 bridgehead atoms. The highest BCUT2D eigenvalue weighted by Crippen LogP contribution is 2.50. The van der Waals surface area contributed by atoms with Crippen molar-refractivity contribution in [1.29, 1.82) is 0 Å². The zero-order valence-corrected chi connectivity index (χ0v) is 18.4. The smallest absolute Gasteiger partial charge is 0.253 e. The first kappa shape index (κ1) is 21.7. The standard InChI is InChI=1S/C24H32N4O2/c1-25-23(26-15-12-18-8-7-9-19(16-18)22(29)28(2)3)27-17-24(13-14-24)20-10-5-6-11-21(20)30-4/h5-11,16H,12-15,17H2,1-4H3,(H2,25,26,27). The maximum atomic E-state index is 12.1. The van der Waals surface area contributed by atoms with Crippen molar-refractivity contribution in [2.75, 3.05) is 41.3 Å². The third-order valence-corrected chi connectivity index (χ3v) is 5.64. The van der Waals surface area contributed by atoms with Gasteiger partial charge in [0.2, 0.25) is 0 Å². The minimum Gasteiger partial charge on any atom is -0.496 e. The van der Waals surface area contributed by atoms with Crippen LogP contribution < -0.4 is 15.4 Å². The summed E-state index contributed by atoms with van der Waals surface area (Å²) in [4.78, 5) is 18.1. The maximum Gasteiger partial charge on any atom is 0.253 e. The highest BCUT2D eigenvalue weighted by Gasteiger charge is 2.46. The summed E-state index contributed by atoms with van der Waals surface area (Å²) < 4.78 is 5.56. The molecule has 0 aliphatic heterocycles. The molecule has 1 fully saturated rings. The summed E-state index contributed by atoms with van der Waals surface area (Å²) in [6.45, 7) is 1.56. The molecule has 2 aromatic rings. The number of para-hydroxylation sites is 1. The molecule has 160 valence electrons. The van der Waals surface area contributed by atoms with E-state index in [2.05, 4.69) is 27.8 Å². The Hall–Kier alpha value is -3.02. The van der Waals surface area contributed by atoms with E-state index in [9.17, 15) is 4.79 Å². The van der Waals surface area contributed by atoms with Gasteiger partial charge in [-0.15, -0.1) is 0 Å². The van der Waals surface area contributed by atoms with Crippen LogP contribution in [0.4, 0.5) is 0 Å². The predicted molar refractivity (Wildman–Crippen MR) is 121 cm³/mol. The average molecular weight is 409 g/mol. The Balaban J connectivity index is 1.53. The van der Waals surface area contributed by atoms with Crippen LogP contribution >= 0.6 is 0 Å². The molecular formula is C24H32N4O2. The third-order valence-electron chi connectivity index (χ3n) is 5.64. The van der Waals surface area contributed by atoms with E-state index in [0.29, 0.717) is 5.56 Å². The van der Waals surface area contributed by atoms with Gasteiger partial charge in [-0.3, -0.25) is 9.79 Å². The SMILES string of the molecule is CN=C(NCCc1cccc(C(=O)N(C)C)c1)NCC1(c2ccccc2OC)CC1. The molecule has 0 aromatic heterocycles. The molecule has 3 rings (SSSR count). The van der Waals surface area contributed by atoms with E-state index in [4.69, 9.17) is 4.74 Å². The van der Waals surface area contributed by atoms with Gasteiger partial charge in [0.15, 0.2) is 5.96 Å². The van der Waals surface area contributed by atoms with Gasteiger partial charge < -0.3 is 20.3 Å². The fraction of sp³-hybridized carbons (Fsp3) is 0.417. The summed E-state index contributed by atoms with van der Waals surface area (Å²) in [5.41, 5.74) is 3.22. The van der Waals surface area contributed by atoms with Crippen molar-refractivity contribution in [3.63, 3.8) is 0 Å². The number of ether oxygens (including phenoxy) is 1. The first-order chi connectivity index (χ1) is 14.5. The fourth-order valence-electron chi connectivity index (χ4n) is 3.69. The number of nitrogens with zero attached hydrogens (tertiary/aromatic N) is 2. The number of aliphatic imine (C=N–C) groups is 1. The van der Waals surface area contributed by atoms with Crippen molar-refractivity contribution in [2.45, 2.75) is 24.7 Å². The molecule has 6 heteroatoms. The normalized spacial score (nSPS) is 14.7. The number of nitrogens with one attached hydrogen (secondary N) is 2. The van der Waals surface area contributed by atoms with E-state index in [1.807, 2.05) is 36.4 Å². The van der Waals surface area contributed by atoms with Gasteiger partial charge in [0, 0.05) is 50.8 Å². The molecule has 1 aliphatic carbocycles. The van der Waals surface area contributed by atoms with Gasteiger partial charge in [-0.1, -0.05) is 30.3 Å². The van der Waals surface area contributed by atoms with Gasteiger partial charge in [0.05, 0.1) is 7.11 Å². The van der Waals surface area contributed by atoms with Gasteiger partial charge >= 0.3 is 0 Å². The summed E-state index contributed by atoms with van der Waals surface area (Å²) in [5.74, 6) is 1.76. The lowest BCUT2D eigenvalue weighted by atomic mass is 9.95. The van der Waals surface area contributed by atoms with Gasteiger partial charge in [0.1, 0.15) is 5.75 Å². The molecule has 0 radical (unpaired) electrons. The van der Waals surface area contributed by atoms with E-state index < -0.39 is 0 Å². The van der Waals surface area contributed by atoms with Gasteiger partial charge in [-0.2, -0.15) is 0 Å². The largest absolute Gasteiger partial charge is 0.496 e. The number of hydrogen-bond donors (Lipinski definition) is 2. The van der Waals surface area contributed by atoms with Crippen molar-refractivity contribution >= 4 is 11.9 Å². The second kappa shape index (κ2) is 9.65. The van der Waals surface area contributed by atoms with E-state index in [-0.39, 0.29) is 11.3 Å². The molecular weight excluding hydrogens is 376 g/mol. The van der Waals surface area contributed by atoms with Crippen molar-refractivity contribution in [3.05, 3.63) is 65.2 Å². The molecule has 0 atom stereocenters. The van der Waals surface area contributed by atoms with Crippen LogP contribution in [0.3, 0.4) is 0 Å². The Morgan fingerprint density at radius 3 is 2.57 bits per heavy atom. The molecule has 0 unspecified atom stereocenters. The van der Waals surface area contributed by atoms with Crippen molar-refractivity contribution < 1.29 is 9.53 Å². The summed E-state index contributed by atoms with van der Waals surface area (Å²) in [6.07, 6.45) is 3.10. The quantitative estimate of drug-likeness (QED) is 0.521. The second-order valence-electron chi connectivity index (χ2n) is 7.98. The molecule has 1 amide bonds. The predicted octanol–water partition coefficient (Wildman–Crippen LogP) is 2.84. The van der Waals surface area contributed by atoms with Crippen LogP contribution in [0.5, 0.6) is 5.75 Å². The highest BCUT2D eigenvalue weighted by molar-refractivity contribution is 5.94. The first-order valence-electron chi connectivity index (χ1n) is 10.4. The maximum absolute atomic E-state index is 12.1. The zero-order valence-electron chi connectivity index (χ0n) is 18.4. The lowest BCUT2D eigenvalue weighted by Gasteiger charge is -2.21. The Morgan fingerprint density at radius 2 is 1.90 bits per heavy atom. The minimum absolute atomic E-state index is 0.0216. The van der Waals surface area contributed by atoms with Crippen molar-refractivity contribution in [3.8, 4) is 5.75 Å². The molecule has 0 spiro atoms. The molecule has 2 N–H and O–H groups in total. The fourth-order valence-corrected chi connectivity index (χ4v) is 3.69. The molecule has 6 nitrogen and oxygen atoms in total. The monoisotopic (exact) mass is 408 g/mol. The van der Waals surface area contributed by atoms with E-state index in [1.165, 1.54) is 5.56 Å². The number of amides is 1. The molecule has 1 saturated carbocycles. The zero-order chi connectivity index (χ0) is 21.6. The van der Waals surface area contributed by atoms with Crippen LogP contribution in [0.2, 0.25) is 0 Å². The van der Waals surface area contributed by atoms with Crippen LogP contribution in [0, 0.1) is 0 Å². The van der Waals surface area contributed by atoms with Crippen LogP contribution in [0.15, 0.2) is 53.5 Å². The molecule has 0 saturated heterocycles. The number of hydrogen-bond acceptors (Lipinski definition) is 3. The molecule has 2 aromatic carbocycles. The van der Waals surface area contributed by atoms with Crippen LogP contribution in [0.1, 0.15) is 34.3 Å². The van der Waals surface area contributed by atoms with Gasteiger partial charge in [-0.05, 0) is 43.0 Å². The van der Waals surface area contributed by atoms with Crippen LogP contribution in [-0.4, -0.2) is 58.1 Å².